The topological polar surface area (TPSA) is 39.9 Å². The maximum absolute atomic E-state index is 5.31. The minimum absolute atomic E-state index is 0.803. The van der Waals surface area contributed by atoms with Crippen molar-refractivity contribution >= 4 is 10.8 Å². The first-order chi connectivity index (χ1) is 8.86. The predicted molar refractivity (Wildman–Crippen MR) is 68.6 cm³/mol. The summed E-state index contributed by atoms with van der Waals surface area (Å²) in [6.07, 6.45) is 1.82. The van der Waals surface area contributed by atoms with Crippen LogP contribution in [0.3, 0.4) is 0 Å². The minimum Gasteiger partial charge on any atom is -0.497 e. The van der Waals surface area contributed by atoms with Crippen LogP contribution in [0.15, 0.2) is 36.5 Å². The smallest absolute Gasteiger partial charge is 0.119 e. The molecule has 1 aromatic heterocycles. The van der Waals surface area contributed by atoms with Crippen molar-refractivity contribution in [2.24, 2.45) is 0 Å². The van der Waals surface area contributed by atoms with Crippen LogP contribution in [-0.4, -0.2) is 22.1 Å². The van der Waals surface area contributed by atoms with E-state index < -0.39 is 0 Å². The molecule has 0 saturated heterocycles. The minimum atomic E-state index is 0.803. The fraction of sp³-hybridized carbons (Fsp3) is 0.143. The lowest BCUT2D eigenvalue weighted by molar-refractivity contribution is 0.415. The van der Waals surface area contributed by atoms with Crippen molar-refractivity contribution < 1.29 is 4.74 Å². The molecule has 0 radical (unpaired) electrons. The van der Waals surface area contributed by atoms with Gasteiger partial charge in [-0.2, -0.15) is 0 Å². The first kappa shape index (κ1) is 9.65. The zero-order chi connectivity index (χ0) is 12.1. The number of ether oxygens (including phenoxy) is 1. The Hall–Kier alpha value is -2.36. The van der Waals surface area contributed by atoms with Gasteiger partial charge in [-0.15, -0.1) is 5.10 Å². The highest BCUT2D eigenvalue weighted by molar-refractivity contribution is 5.99. The van der Waals surface area contributed by atoms with Crippen molar-refractivity contribution in [3.8, 4) is 17.0 Å². The van der Waals surface area contributed by atoms with Crippen molar-refractivity contribution in [2.45, 2.75) is 6.54 Å². The molecule has 4 nitrogen and oxygen atoms in total. The summed E-state index contributed by atoms with van der Waals surface area (Å²) in [5.74, 6) is 0.877. The Labute approximate surface area is 104 Å². The largest absolute Gasteiger partial charge is 0.497 e. The van der Waals surface area contributed by atoms with Crippen molar-refractivity contribution in [1.29, 1.82) is 0 Å². The summed E-state index contributed by atoms with van der Waals surface area (Å²) in [5.41, 5.74) is 3.61. The predicted octanol–water partition coefficient (Wildman–Crippen LogP) is 2.47. The van der Waals surface area contributed by atoms with Crippen LogP contribution in [0.4, 0.5) is 0 Å². The van der Waals surface area contributed by atoms with Crippen LogP contribution in [0.25, 0.3) is 22.0 Å². The van der Waals surface area contributed by atoms with Crippen molar-refractivity contribution in [3.63, 3.8) is 0 Å². The zero-order valence-corrected chi connectivity index (χ0v) is 9.92. The van der Waals surface area contributed by atoms with Gasteiger partial charge >= 0.3 is 0 Å². The monoisotopic (exact) mass is 237 g/mol. The fourth-order valence-corrected chi connectivity index (χ4v) is 2.63. The molecule has 88 valence electrons. The standard InChI is InChI=1S/C14H11N3O/c1-18-11-5-4-9-2-3-10-8-17-13(7-15-16-17)14(10)12(9)6-11/h2-7H,8H2,1H3. The lowest BCUT2D eigenvalue weighted by atomic mass is 9.99. The Bertz CT molecular complexity index is 761. The summed E-state index contributed by atoms with van der Waals surface area (Å²) in [6, 6.07) is 10.5. The Kier molecular flexibility index (Phi) is 1.78. The van der Waals surface area contributed by atoms with Crippen LogP contribution in [-0.2, 0) is 6.54 Å². The normalized spacial score (nSPS) is 12.5. The van der Waals surface area contributed by atoms with Crippen molar-refractivity contribution in [2.75, 3.05) is 7.11 Å². The van der Waals surface area contributed by atoms with E-state index in [-0.39, 0.29) is 0 Å². The van der Waals surface area contributed by atoms with E-state index in [1.807, 2.05) is 16.9 Å². The Morgan fingerprint density at radius 3 is 3.00 bits per heavy atom. The highest BCUT2D eigenvalue weighted by Crippen LogP contribution is 2.38. The second-order valence-electron chi connectivity index (χ2n) is 4.46. The van der Waals surface area contributed by atoms with Gasteiger partial charge in [-0.1, -0.05) is 23.4 Å². The number of hydrogen-bond donors (Lipinski definition) is 0. The van der Waals surface area contributed by atoms with E-state index in [0.29, 0.717) is 0 Å². The summed E-state index contributed by atoms with van der Waals surface area (Å²) in [7, 11) is 1.69. The van der Waals surface area contributed by atoms with E-state index in [4.69, 9.17) is 4.74 Å². The van der Waals surface area contributed by atoms with E-state index in [1.54, 1.807) is 7.11 Å². The second-order valence-corrected chi connectivity index (χ2v) is 4.46. The molecule has 0 spiro atoms. The Morgan fingerprint density at radius 1 is 1.22 bits per heavy atom. The summed E-state index contributed by atoms with van der Waals surface area (Å²) in [4.78, 5) is 0. The molecule has 3 aromatic rings. The van der Waals surface area contributed by atoms with Crippen LogP contribution in [0.5, 0.6) is 5.75 Å². The molecule has 1 aliphatic heterocycles. The Morgan fingerprint density at radius 2 is 2.11 bits per heavy atom. The molecule has 4 heteroatoms. The molecule has 0 atom stereocenters. The number of methoxy groups -OCH3 is 1. The summed E-state index contributed by atoms with van der Waals surface area (Å²) in [6.45, 7) is 0.803. The van der Waals surface area contributed by atoms with Crippen molar-refractivity contribution in [1.82, 2.24) is 15.0 Å². The third-order valence-corrected chi connectivity index (χ3v) is 3.51. The number of rotatable bonds is 1. The fourth-order valence-electron chi connectivity index (χ4n) is 2.63. The molecule has 0 saturated carbocycles. The van der Waals surface area contributed by atoms with Crippen LogP contribution in [0.1, 0.15) is 5.56 Å². The molecular weight excluding hydrogens is 226 g/mol. The molecule has 0 fully saturated rings. The lowest BCUT2D eigenvalue weighted by Crippen LogP contribution is -1.94. The Balaban J connectivity index is 2.11. The van der Waals surface area contributed by atoms with Gasteiger partial charge in [0, 0.05) is 5.56 Å². The molecule has 0 aliphatic carbocycles. The number of aromatic nitrogens is 3. The van der Waals surface area contributed by atoms with E-state index in [9.17, 15) is 0 Å². The number of fused-ring (bicyclic) bond motifs is 5. The number of benzene rings is 2. The molecular formula is C14H11N3O. The molecule has 4 rings (SSSR count). The third-order valence-electron chi connectivity index (χ3n) is 3.51. The molecule has 1 aliphatic rings. The summed E-state index contributed by atoms with van der Waals surface area (Å²) < 4.78 is 7.25. The molecule has 0 amide bonds. The van der Waals surface area contributed by atoms with Gasteiger partial charge in [-0.25, -0.2) is 4.68 Å². The first-order valence-corrected chi connectivity index (χ1v) is 5.85. The molecule has 0 bridgehead atoms. The summed E-state index contributed by atoms with van der Waals surface area (Å²) >= 11 is 0. The van der Waals surface area contributed by atoms with E-state index >= 15 is 0 Å². The third kappa shape index (κ3) is 1.14. The maximum Gasteiger partial charge on any atom is 0.119 e. The molecule has 0 N–H and O–H groups in total. The van der Waals surface area contributed by atoms with Crippen molar-refractivity contribution in [3.05, 3.63) is 42.1 Å². The van der Waals surface area contributed by atoms with Gasteiger partial charge in [0.15, 0.2) is 0 Å². The number of hydrogen-bond acceptors (Lipinski definition) is 3. The average Bonchev–Trinajstić information content (AvgIpc) is 2.97. The van der Waals surface area contributed by atoms with Crippen LogP contribution >= 0.6 is 0 Å². The van der Waals surface area contributed by atoms with Gasteiger partial charge in [0.1, 0.15) is 5.75 Å². The molecule has 18 heavy (non-hydrogen) atoms. The van der Waals surface area contributed by atoms with Crippen LogP contribution < -0.4 is 4.74 Å². The average molecular weight is 237 g/mol. The van der Waals surface area contributed by atoms with Gasteiger partial charge in [-0.3, -0.25) is 0 Å². The zero-order valence-electron chi connectivity index (χ0n) is 9.92. The lowest BCUT2D eigenvalue weighted by Gasteiger charge is -2.07. The second kappa shape index (κ2) is 3.32. The van der Waals surface area contributed by atoms with Crippen LogP contribution in [0.2, 0.25) is 0 Å². The SMILES string of the molecule is COc1ccc2ccc3c(c2c1)-c1cnnn1C3. The van der Waals surface area contributed by atoms with Gasteiger partial charge in [-0.05, 0) is 28.5 Å². The van der Waals surface area contributed by atoms with E-state index in [0.717, 1.165) is 18.0 Å². The van der Waals surface area contributed by atoms with Crippen LogP contribution in [0, 0.1) is 0 Å². The quantitative estimate of drug-likeness (QED) is 0.510. The molecule has 2 aromatic carbocycles. The molecule has 0 unspecified atom stereocenters. The van der Waals surface area contributed by atoms with Gasteiger partial charge in [0.05, 0.1) is 25.5 Å². The van der Waals surface area contributed by atoms with Gasteiger partial charge < -0.3 is 4.74 Å². The van der Waals surface area contributed by atoms with E-state index in [2.05, 4.69) is 34.6 Å². The highest BCUT2D eigenvalue weighted by atomic mass is 16.5. The summed E-state index contributed by atoms with van der Waals surface area (Å²) in [5, 5.41) is 10.5. The van der Waals surface area contributed by atoms with Gasteiger partial charge in [0.25, 0.3) is 0 Å². The first-order valence-electron chi connectivity index (χ1n) is 5.85. The van der Waals surface area contributed by atoms with E-state index in [1.165, 1.54) is 21.9 Å². The highest BCUT2D eigenvalue weighted by Gasteiger charge is 2.21. The van der Waals surface area contributed by atoms with Gasteiger partial charge in [0.2, 0.25) is 0 Å². The molecule has 2 heterocycles. The maximum atomic E-state index is 5.31. The number of nitrogens with zero attached hydrogens (tertiary/aromatic N) is 3.